The number of aromatic amines is 1. The van der Waals surface area contributed by atoms with E-state index in [1.165, 1.54) is 18.2 Å². The maximum atomic E-state index is 8.32. The molecule has 0 aliphatic rings. The first-order valence-electron chi connectivity index (χ1n) is 10.9. The number of benzene rings is 1. The fourth-order valence-corrected chi connectivity index (χ4v) is 1.45. The van der Waals surface area contributed by atoms with Gasteiger partial charge in [0.05, 0.1) is 11.2 Å². The van der Waals surface area contributed by atoms with Crippen LogP contribution in [0.15, 0.2) is 24.4 Å². The van der Waals surface area contributed by atoms with E-state index in [1.54, 1.807) is 0 Å². The number of methoxy groups -OCH3 is 1. The topological polar surface area (TPSA) is 28.3 Å². The molecule has 86 valence electrons. The molecule has 0 bridgehead atoms. The number of H-pyrrole nitrogens is 1. The van der Waals surface area contributed by atoms with Gasteiger partial charge in [0.2, 0.25) is 0 Å². The summed E-state index contributed by atoms with van der Waals surface area (Å²) in [6.45, 7) is -10.5. The lowest BCUT2D eigenvalue weighted by molar-refractivity contribution is 0.411. The average molecular weight is 231 g/mol. The average Bonchev–Trinajstić information content (AvgIpc) is 2.87. The first-order valence-corrected chi connectivity index (χ1v) is 4.40. The summed E-state index contributed by atoms with van der Waals surface area (Å²) in [5, 5.41) is -0.145. The minimum atomic E-state index is -3.55. The molecule has 1 N–H and O–H groups in total. The van der Waals surface area contributed by atoms with Crippen molar-refractivity contribution < 1.29 is 22.6 Å². The second kappa shape index (κ2) is 4.58. The molecule has 0 spiro atoms. The normalized spacial score (nSPS) is 27.4. The predicted octanol–water partition coefficient (Wildman–Crippen LogP) is 2.28. The molecule has 0 atom stereocenters. The second-order valence-electron chi connectivity index (χ2n) is 3.06. The van der Waals surface area contributed by atoms with Crippen molar-refractivity contribution >= 4 is 10.9 Å². The Morgan fingerprint density at radius 3 is 3.25 bits per heavy atom. The monoisotopic (exact) mass is 231 g/mol. The van der Waals surface area contributed by atoms with Crippen LogP contribution in [0.2, 0.25) is 0 Å². The lowest BCUT2D eigenvalue weighted by Crippen LogP contribution is -2.14. The van der Waals surface area contributed by atoms with Crippen LogP contribution in [0, 0.1) is 0 Å². The summed E-state index contributed by atoms with van der Waals surface area (Å²) in [5.41, 5.74) is -0.299. The maximum Gasteiger partial charge on any atom is 0.128 e. The molecule has 0 fully saturated rings. The van der Waals surface area contributed by atoms with Gasteiger partial charge in [0, 0.05) is 37.3 Å². The van der Waals surface area contributed by atoms with Crippen molar-refractivity contribution in [2.24, 2.45) is 0 Å². The molecule has 1 aromatic heterocycles. The van der Waals surface area contributed by atoms with Gasteiger partial charge >= 0.3 is 0 Å². The van der Waals surface area contributed by atoms with Gasteiger partial charge in [-0.05, 0) is 38.0 Å². The summed E-state index contributed by atoms with van der Waals surface area (Å²) in [6, 6.07) is 4.09. The van der Waals surface area contributed by atoms with Crippen molar-refractivity contribution in [2.45, 2.75) is 6.37 Å². The molecule has 0 saturated heterocycles. The first kappa shape index (κ1) is 3.26. The minimum absolute atomic E-state index is 0.145. The van der Waals surface area contributed by atoms with Gasteiger partial charge < -0.3 is 14.6 Å². The Kier molecular flexibility index (Phi) is 0.933. The maximum absolute atomic E-state index is 8.32. The van der Waals surface area contributed by atoms with Crippen LogP contribution in [-0.2, 0) is 6.37 Å². The zero-order chi connectivity index (χ0) is 22.6. The third-order valence-corrected chi connectivity index (χ3v) is 2.08. The highest BCUT2D eigenvalue weighted by atomic mass is 16.5. The van der Waals surface area contributed by atoms with Crippen molar-refractivity contribution in [1.29, 1.82) is 0 Å². The molecule has 2 aromatic rings. The summed E-state index contributed by atoms with van der Waals surface area (Å²) in [6.07, 6.45) is -2.19. The summed E-state index contributed by atoms with van der Waals surface area (Å²) in [4.78, 5) is 2.15. The van der Waals surface area contributed by atoms with Crippen LogP contribution in [0.1, 0.15) is 23.4 Å². The number of hydrogen-bond acceptors (Lipinski definition) is 2. The molecule has 0 saturated carbocycles. The molecule has 0 amide bonds. The predicted molar refractivity (Wildman–Crippen MR) is 67.1 cm³/mol. The van der Waals surface area contributed by atoms with E-state index < -0.39 is 44.3 Å². The number of fused-ring (bicyclic) bond motifs is 1. The molecule has 0 unspecified atom stereocenters. The number of rotatable bonds is 4. The standard InChI is InChI=1S/C13H18N2O/c1-15(2)8-7-10-9-14-11-5-4-6-12(16-3)13(10)11/h4-6,9,14H,7-8H2,1-3H3/i1D3,2D3,3D3,7D2,8D2. The van der Waals surface area contributed by atoms with E-state index in [4.69, 9.17) is 22.6 Å². The quantitative estimate of drug-likeness (QED) is 0.874. The fraction of sp³-hybridized carbons (Fsp3) is 0.385. The van der Waals surface area contributed by atoms with E-state index in [1.807, 2.05) is 0 Å². The molecular weight excluding hydrogens is 200 g/mol. The molecule has 0 aliphatic heterocycles. The van der Waals surface area contributed by atoms with Crippen LogP contribution in [0.5, 0.6) is 5.75 Å². The van der Waals surface area contributed by atoms with Crippen LogP contribution in [-0.4, -0.2) is 37.4 Å². The van der Waals surface area contributed by atoms with Gasteiger partial charge in [0.15, 0.2) is 0 Å². The summed E-state index contributed by atoms with van der Waals surface area (Å²) in [5.74, 6) is -0.298. The number of aromatic nitrogens is 1. The molecule has 2 rings (SSSR count). The summed E-state index contributed by atoms with van der Waals surface area (Å²) < 4.78 is 104. The lowest BCUT2D eigenvalue weighted by Gasteiger charge is -2.09. The van der Waals surface area contributed by atoms with Crippen LogP contribution in [0.3, 0.4) is 0 Å². The van der Waals surface area contributed by atoms with Gasteiger partial charge in [-0.2, -0.15) is 0 Å². The van der Waals surface area contributed by atoms with Crippen molar-refractivity contribution in [2.75, 3.05) is 27.5 Å². The molecule has 0 aliphatic carbocycles. The highest BCUT2D eigenvalue weighted by molar-refractivity contribution is 5.89. The molecule has 1 heterocycles. The first-order chi connectivity index (χ1) is 12.8. The Morgan fingerprint density at radius 2 is 2.44 bits per heavy atom. The smallest absolute Gasteiger partial charge is 0.128 e. The van der Waals surface area contributed by atoms with Crippen LogP contribution in [0.25, 0.3) is 10.9 Å². The number of nitrogens with one attached hydrogen (secondary N) is 1. The van der Waals surface area contributed by atoms with E-state index in [2.05, 4.69) is 4.98 Å². The van der Waals surface area contributed by atoms with Gasteiger partial charge in [-0.1, -0.05) is 6.07 Å². The third kappa shape index (κ3) is 2.04. The van der Waals surface area contributed by atoms with Crippen molar-refractivity contribution in [3.63, 3.8) is 0 Å². The number of aryl methyl sites for hydroxylation is 1. The Morgan fingerprint density at radius 1 is 1.50 bits per heavy atom. The Bertz CT molecular complexity index is 863. The zero-order valence-corrected chi connectivity index (χ0v) is 8.16. The molecule has 16 heavy (non-hydrogen) atoms. The van der Waals surface area contributed by atoms with E-state index >= 15 is 0 Å². The summed E-state index contributed by atoms with van der Waals surface area (Å²) in [7, 11) is -2.89. The second-order valence-corrected chi connectivity index (χ2v) is 3.06. The van der Waals surface area contributed by atoms with E-state index in [9.17, 15) is 0 Å². The van der Waals surface area contributed by atoms with E-state index in [-0.39, 0.29) is 16.7 Å². The summed E-state index contributed by atoms with van der Waals surface area (Å²) >= 11 is 0. The number of likely N-dealkylation sites (N-methyl/N-ethyl adjacent to an activating group) is 1. The van der Waals surface area contributed by atoms with Gasteiger partial charge in [0.25, 0.3) is 0 Å². The third-order valence-electron chi connectivity index (χ3n) is 2.08. The SMILES string of the molecule is [2H]C([2H])([2H])Oc1cccc2[nH]cc(C([2H])([2H])C([2H])([2H])N(C([2H])([2H])[2H])C([2H])([2H])[2H])c12. The van der Waals surface area contributed by atoms with Gasteiger partial charge in [-0.3, -0.25) is 0 Å². The Balaban J connectivity index is 2.73. The van der Waals surface area contributed by atoms with Gasteiger partial charge in [-0.15, -0.1) is 0 Å². The van der Waals surface area contributed by atoms with Crippen LogP contribution < -0.4 is 4.74 Å². The molecule has 0 radical (unpaired) electrons. The van der Waals surface area contributed by atoms with E-state index in [0.717, 1.165) is 6.20 Å². The van der Waals surface area contributed by atoms with Crippen LogP contribution in [0.4, 0.5) is 0 Å². The molecule has 3 nitrogen and oxygen atoms in total. The highest BCUT2D eigenvalue weighted by Crippen LogP contribution is 2.28. The van der Waals surface area contributed by atoms with Crippen molar-refractivity contribution in [3.05, 3.63) is 30.0 Å². The molecule has 1 aromatic carbocycles. The lowest BCUT2D eigenvalue weighted by atomic mass is 10.1. The van der Waals surface area contributed by atoms with Crippen molar-refractivity contribution in [1.82, 2.24) is 9.88 Å². The van der Waals surface area contributed by atoms with Crippen LogP contribution >= 0.6 is 0 Å². The fourth-order valence-electron chi connectivity index (χ4n) is 1.45. The number of ether oxygens (including phenoxy) is 1. The molecule has 3 heteroatoms. The number of hydrogen-bond donors (Lipinski definition) is 1. The van der Waals surface area contributed by atoms with Gasteiger partial charge in [0.1, 0.15) is 5.75 Å². The van der Waals surface area contributed by atoms with Crippen molar-refractivity contribution in [3.8, 4) is 5.75 Å². The Hall–Kier alpha value is -1.48. The largest absolute Gasteiger partial charge is 0.496 e. The number of nitrogens with zero attached hydrogens (tertiary/aromatic N) is 1. The highest BCUT2D eigenvalue weighted by Gasteiger charge is 2.08. The zero-order valence-electron chi connectivity index (χ0n) is 21.2. The van der Waals surface area contributed by atoms with E-state index in [0.29, 0.717) is 0 Å². The minimum Gasteiger partial charge on any atom is -0.496 e. The Labute approximate surface area is 114 Å². The molecular formula is C13H18N2O. The van der Waals surface area contributed by atoms with Gasteiger partial charge in [-0.25, -0.2) is 0 Å².